The van der Waals surface area contributed by atoms with Gasteiger partial charge in [0.25, 0.3) is 0 Å². The van der Waals surface area contributed by atoms with Gasteiger partial charge in [-0.3, -0.25) is 0 Å². The van der Waals surface area contributed by atoms with Crippen LogP contribution in [-0.4, -0.2) is 55.7 Å². The number of carbonyl (C=O) groups is 1. The first-order valence-corrected chi connectivity index (χ1v) is 4.72. The van der Waals surface area contributed by atoms with E-state index in [4.69, 9.17) is 4.74 Å². The molecular formula is C9H18N2O2. The van der Waals surface area contributed by atoms with E-state index >= 15 is 0 Å². The molecule has 13 heavy (non-hydrogen) atoms. The molecule has 1 heterocycles. The Bertz CT molecular complexity index is 184. The predicted molar refractivity (Wildman–Crippen MR) is 50.7 cm³/mol. The summed E-state index contributed by atoms with van der Waals surface area (Å²) in [5, 5.41) is 0. The molecule has 0 aromatic carbocycles. The maximum Gasteiger partial charge on any atom is 0.409 e. The van der Waals surface area contributed by atoms with Crippen LogP contribution in [0, 0.1) is 0 Å². The van der Waals surface area contributed by atoms with Gasteiger partial charge in [0.05, 0.1) is 7.11 Å². The Kier molecular flexibility index (Phi) is 3.54. The van der Waals surface area contributed by atoms with Crippen molar-refractivity contribution in [2.24, 2.45) is 0 Å². The van der Waals surface area contributed by atoms with Gasteiger partial charge in [-0.1, -0.05) is 6.92 Å². The Hall–Kier alpha value is -0.770. The topological polar surface area (TPSA) is 32.8 Å². The molecule has 0 aliphatic carbocycles. The third-order valence-corrected chi connectivity index (χ3v) is 2.57. The fraction of sp³-hybridized carbons (Fsp3) is 0.889. The average Bonchev–Trinajstić information content (AvgIpc) is 2.16. The molecule has 0 saturated carbocycles. The Morgan fingerprint density at radius 1 is 1.54 bits per heavy atom. The Labute approximate surface area is 79.4 Å². The third kappa shape index (κ3) is 2.34. The molecule has 0 radical (unpaired) electrons. The molecule has 1 rings (SSSR count). The van der Waals surface area contributed by atoms with Crippen molar-refractivity contribution in [2.45, 2.75) is 19.4 Å². The SMILES string of the molecule is CCC1CN(C)CCN1C(=O)OC. The molecule has 1 unspecified atom stereocenters. The molecule has 1 fully saturated rings. The van der Waals surface area contributed by atoms with Gasteiger partial charge in [-0.15, -0.1) is 0 Å². The number of piperazine rings is 1. The second-order valence-corrected chi connectivity index (χ2v) is 3.49. The van der Waals surface area contributed by atoms with Crippen molar-refractivity contribution < 1.29 is 9.53 Å². The first-order valence-electron chi connectivity index (χ1n) is 4.72. The van der Waals surface area contributed by atoms with Gasteiger partial charge in [0.15, 0.2) is 0 Å². The Morgan fingerprint density at radius 2 is 2.23 bits per heavy atom. The molecule has 1 amide bonds. The molecule has 4 nitrogen and oxygen atoms in total. The van der Waals surface area contributed by atoms with Gasteiger partial charge >= 0.3 is 6.09 Å². The summed E-state index contributed by atoms with van der Waals surface area (Å²) in [6.45, 7) is 4.76. The number of hydrogen-bond acceptors (Lipinski definition) is 3. The molecule has 0 spiro atoms. The van der Waals surface area contributed by atoms with Crippen molar-refractivity contribution in [3.63, 3.8) is 0 Å². The van der Waals surface area contributed by atoms with Gasteiger partial charge in [-0.05, 0) is 13.5 Å². The highest BCUT2D eigenvalue weighted by atomic mass is 16.5. The molecule has 1 saturated heterocycles. The molecule has 0 bridgehead atoms. The summed E-state index contributed by atoms with van der Waals surface area (Å²) >= 11 is 0. The van der Waals surface area contributed by atoms with Crippen molar-refractivity contribution in [2.75, 3.05) is 33.8 Å². The number of likely N-dealkylation sites (N-methyl/N-ethyl adjacent to an activating group) is 1. The first-order chi connectivity index (χ1) is 6.19. The van der Waals surface area contributed by atoms with Crippen molar-refractivity contribution in [1.82, 2.24) is 9.80 Å². The zero-order valence-corrected chi connectivity index (χ0v) is 8.62. The second-order valence-electron chi connectivity index (χ2n) is 3.49. The Balaban J connectivity index is 2.57. The van der Waals surface area contributed by atoms with E-state index in [0.29, 0.717) is 6.04 Å². The number of carbonyl (C=O) groups excluding carboxylic acids is 1. The van der Waals surface area contributed by atoms with Gasteiger partial charge in [-0.25, -0.2) is 4.79 Å². The van der Waals surface area contributed by atoms with E-state index in [1.54, 1.807) is 0 Å². The van der Waals surface area contributed by atoms with Gasteiger partial charge in [0, 0.05) is 25.7 Å². The van der Waals surface area contributed by atoms with Crippen molar-refractivity contribution in [3.8, 4) is 0 Å². The lowest BCUT2D eigenvalue weighted by molar-refractivity contribution is 0.0643. The molecule has 0 aromatic heterocycles. The van der Waals surface area contributed by atoms with E-state index in [1.807, 2.05) is 4.90 Å². The minimum Gasteiger partial charge on any atom is -0.453 e. The number of amides is 1. The van der Waals surface area contributed by atoms with Gasteiger partial charge in [0.2, 0.25) is 0 Å². The zero-order chi connectivity index (χ0) is 9.84. The van der Waals surface area contributed by atoms with Crippen molar-refractivity contribution in [3.05, 3.63) is 0 Å². The average molecular weight is 186 g/mol. The minimum absolute atomic E-state index is 0.194. The number of rotatable bonds is 1. The monoisotopic (exact) mass is 186 g/mol. The van der Waals surface area contributed by atoms with E-state index in [2.05, 4.69) is 18.9 Å². The highest BCUT2D eigenvalue weighted by Gasteiger charge is 2.27. The smallest absolute Gasteiger partial charge is 0.409 e. The summed E-state index contributed by atoms with van der Waals surface area (Å²) in [6, 6.07) is 0.311. The van der Waals surface area contributed by atoms with Crippen LogP contribution in [0.3, 0.4) is 0 Å². The number of ether oxygens (including phenoxy) is 1. The Morgan fingerprint density at radius 3 is 2.77 bits per heavy atom. The van der Waals surface area contributed by atoms with Crippen LogP contribution >= 0.6 is 0 Å². The maximum absolute atomic E-state index is 11.3. The van der Waals surface area contributed by atoms with Crippen LogP contribution < -0.4 is 0 Å². The van der Waals surface area contributed by atoms with Crippen LogP contribution in [0.1, 0.15) is 13.3 Å². The second kappa shape index (κ2) is 4.46. The molecule has 1 aliphatic rings. The first kappa shape index (κ1) is 10.3. The fourth-order valence-corrected chi connectivity index (χ4v) is 1.72. The quantitative estimate of drug-likeness (QED) is 0.606. The number of methoxy groups -OCH3 is 1. The van der Waals surface area contributed by atoms with E-state index in [1.165, 1.54) is 7.11 Å². The highest BCUT2D eigenvalue weighted by molar-refractivity contribution is 5.68. The number of nitrogens with zero attached hydrogens (tertiary/aromatic N) is 2. The standard InChI is InChI=1S/C9H18N2O2/c1-4-8-7-10(2)5-6-11(8)9(12)13-3/h8H,4-7H2,1-3H3. The van der Waals surface area contributed by atoms with E-state index in [0.717, 1.165) is 26.1 Å². The summed E-state index contributed by atoms with van der Waals surface area (Å²) in [5.41, 5.74) is 0. The minimum atomic E-state index is -0.194. The maximum atomic E-state index is 11.3. The van der Waals surface area contributed by atoms with Crippen molar-refractivity contribution in [1.29, 1.82) is 0 Å². The van der Waals surface area contributed by atoms with Crippen LogP contribution in [0.5, 0.6) is 0 Å². The summed E-state index contributed by atoms with van der Waals surface area (Å²) in [6.07, 6.45) is 0.791. The normalized spacial score (nSPS) is 24.5. The zero-order valence-electron chi connectivity index (χ0n) is 8.62. The van der Waals surface area contributed by atoms with Crippen molar-refractivity contribution >= 4 is 6.09 Å². The van der Waals surface area contributed by atoms with Crippen LogP contribution in [0.2, 0.25) is 0 Å². The van der Waals surface area contributed by atoms with E-state index < -0.39 is 0 Å². The lowest BCUT2D eigenvalue weighted by atomic mass is 10.1. The summed E-state index contributed by atoms with van der Waals surface area (Å²) in [7, 11) is 3.52. The lowest BCUT2D eigenvalue weighted by Gasteiger charge is -2.38. The molecule has 0 aromatic rings. The fourth-order valence-electron chi connectivity index (χ4n) is 1.72. The number of hydrogen-bond donors (Lipinski definition) is 0. The molecule has 1 aliphatic heterocycles. The summed E-state index contributed by atoms with van der Waals surface area (Å²) in [5.74, 6) is 0. The van der Waals surface area contributed by atoms with E-state index in [9.17, 15) is 4.79 Å². The third-order valence-electron chi connectivity index (χ3n) is 2.57. The van der Waals surface area contributed by atoms with Crippen LogP contribution in [0.15, 0.2) is 0 Å². The van der Waals surface area contributed by atoms with Crippen LogP contribution in [0.4, 0.5) is 4.79 Å². The molecule has 76 valence electrons. The highest BCUT2D eigenvalue weighted by Crippen LogP contribution is 2.12. The van der Waals surface area contributed by atoms with Crippen LogP contribution in [0.25, 0.3) is 0 Å². The van der Waals surface area contributed by atoms with E-state index in [-0.39, 0.29) is 6.09 Å². The van der Waals surface area contributed by atoms with Gasteiger partial charge in [-0.2, -0.15) is 0 Å². The summed E-state index contributed by atoms with van der Waals surface area (Å²) < 4.78 is 4.73. The van der Waals surface area contributed by atoms with Gasteiger partial charge in [0.1, 0.15) is 0 Å². The molecule has 4 heteroatoms. The molecule has 0 N–H and O–H groups in total. The largest absolute Gasteiger partial charge is 0.453 e. The predicted octanol–water partition coefficient (Wildman–Crippen LogP) is 0.779. The van der Waals surface area contributed by atoms with Gasteiger partial charge < -0.3 is 14.5 Å². The lowest BCUT2D eigenvalue weighted by Crippen LogP contribution is -2.53. The molecular weight excluding hydrogens is 168 g/mol. The molecule has 1 atom stereocenters. The van der Waals surface area contributed by atoms with Crippen LogP contribution in [-0.2, 0) is 4.74 Å². The summed E-state index contributed by atoms with van der Waals surface area (Å²) in [4.78, 5) is 15.4.